The molecule has 0 aliphatic rings. The molecular formula is C19H22N2O2. The molecular weight excluding hydrogens is 288 g/mol. The van der Waals surface area contributed by atoms with Crippen LogP contribution in [0.5, 0.6) is 0 Å². The first kappa shape index (κ1) is 16.7. The third-order valence-electron chi connectivity index (χ3n) is 3.58. The van der Waals surface area contributed by atoms with Crippen LogP contribution in [0, 0.1) is 0 Å². The molecule has 0 aliphatic carbocycles. The second kappa shape index (κ2) is 8.13. The molecule has 0 fully saturated rings. The van der Waals surface area contributed by atoms with Gasteiger partial charge >= 0.3 is 0 Å². The summed E-state index contributed by atoms with van der Waals surface area (Å²) in [6.07, 6.45) is 0.246. The Balaban J connectivity index is 1.82. The van der Waals surface area contributed by atoms with Gasteiger partial charge in [0.2, 0.25) is 5.91 Å². The highest BCUT2D eigenvalue weighted by Crippen LogP contribution is 2.11. The van der Waals surface area contributed by atoms with Gasteiger partial charge in [0, 0.05) is 18.0 Å². The molecule has 2 rings (SSSR count). The number of rotatable bonds is 6. The lowest BCUT2D eigenvalue weighted by molar-refractivity contribution is -0.122. The van der Waals surface area contributed by atoms with Gasteiger partial charge in [-0.25, -0.2) is 0 Å². The highest BCUT2D eigenvalue weighted by atomic mass is 16.2. The maximum Gasteiger partial charge on any atom is 0.251 e. The van der Waals surface area contributed by atoms with E-state index < -0.39 is 0 Å². The largest absolute Gasteiger partial charge is 0.350 e. The smallest absolute Gasteiger partial charge is 0.251 e. The van der Waals surface area contributed by atoms with E-state index in [1.165, 1.54) is 0 Å². The molecule has 0 saturated carbocycles. The van der Waals surface area contributed by atoms with Gasteiger partial charge in [0.25, 0.3) is 5.91 Å². The summed E-state index contributed by atoms with van der Waals surface area (Å²) in [7, 11) is 0. The van der Waals surface area contributed by atoms with Crippen molar-refractivity contribution in [2.24, 2.45) is 0 Å². The third kappa shape index (κ3) is 5.25. The summed E-state index contributed by atoms with van der Waals surface area (Å²) >= 11 is 0. The van der Waals surface area contributed by atoms with Gasteiger partial charge in [-0.3, -0.25) is 9.59 Å². The molecule has 4 nitrogen and oxygen atoms in total. The molecule has 2 N–H and O–H groups in total. The van der Waals surface area contributed by atoms with Gasteiger partial charge in [0.1, 0.15) is 0 Å². The van der Waals surface area contributed by atoms with Crippen LogP contribution in [0.1, 0.15) is 42.2 Å². The number of nitrogens with one attached hydrogen (secondary N) is 2. The number of benzene rings is 2. The van der Waals surface area contributed by atoms with Crippen LogP contribution >= 0.6 is 0 Å². The molecule has 0 saturated heterocycles. The topological polar surface area (TPSA) is 58.2 Å². The van der Waals surface area contributed by atoms with Crippen LogP contribution in [0.4, 0.5) is 0 Å². The molecule has 120 valence electrons. The fourth-order valence-corrected chi connectivity index (χ4v) is 2.35. The first-order valence-corrected chi connectivity index (χ1v) is 7.76. The fourth-order valence-electron chi connectivity index (χ4n) is 2.35. The van der Waals surface area contributed by atoms with E-state index in [0.717, 1.165) is 5.56 Å². The van der Waals surface area contributed by atoms with Gasteiger partial charge in [0.15, 0.2) is 0 Å². The normalized spacial score (nSPS) is 13.0. The van der Waals surface area contributed by atoms with E-state index in [1.807, 2.05) is 62.4 Å². The van der Waals surface area contributed by atoms with Crippen molar-refractivity contribution in [2.75, 3.05) is 0 Å². The molecule has 2 aromatic carbocycles. The van der Waals surface area contributed by atoms with Crippen molar-refractivity contribution in [3.63, 3.8) is 0 Å². The molecule has 2 atom stereocenters. The summed E-state index contributed by atoms with van der Waals surface area (Å²) in [5, 5.41) is 5.79. The van der Waals surface area contributed by atoms with Gasteiger partial charge < -0.3 is 10.6 Å². The minimum absolute atomic E-state index is 0.0549. The predicted octanol–water partition coefficient (Wildman–Crippen LogP) is 3.07. The highest BCUT2D eigenvalue weighted by Gasteiger charge is 2.15. The summed E-state index contributed by atoms with van der Waals surface area (Å²) in [6, 6.07) is 18.5. The Labute approximate surface area is 136 Å². The van der Waals surface area contributed by atoms with Crippen molar-refractivity contribution in [2.45, 2.75) is 32.4 Å². The second-order valence-electron chi connectivity index (χ2n) is 5.64. The Morgan fingerprint density at radius 3 is 2.04 bits per heavy atom. The number of carbonyl (C=O) groups excluding carboxylic acids is 2. The quantitative estimate of drug-likeness (QED) is 0.861. The molecule has 0 spiro atoms. The second-order valence-corrected chi connectivity index (χ2v) is 5.64. The van der Waals surface area contributed by atoms with E-state index in [4.69, 9.17) is 0 Å². The summed E-state index contributed by atoms with van der Waals surface area (Å²) in [4.78, 5) is 24.1. The van der Waals surface area contributed by atoms with Crippen LogP contribution in [-0.4, -0.2) is 17.9 Å². The number of hydrogen-bond acceptors (Lipinski definition) is 2. The predicted molar refractivity (Wildman–Crippen MR) is 91.0 cm³/mol. The molecule has 23 heavy (non-hydrogen) atoms. The summed E-state index contributed by atoms with van der Waals surface area (Å²) < 4.78 is 0. The molecule has 0 aliphatic heterocycles. The average molecular weight is 310 g/mol. The van der Waals surface area contributed by atoms with Crippen molar-refractivity contribution in [3.05, 3.63) is 71.8 Å². The first-order chi connectivity index (χ1) is 11.1. The van der Waals surface area contributed by atoms with Crippen LogP contribution in [0.3, 0.4) is 0 Å². The monoisotopic (exact) mass is 310 g/mol. The van der Waals surface area contributed by atoms with Crippen LogP contribution in [0.15, 0.2) is 60.7 Å². The summed E-state index contributed by atoms with van der Waals surface area (Å²) in [5.41, 5.74) is 1.65. The SMILES string of the molecule is C[C@H](CC(=O)N[C@@H](C)c1ccccc1)NC(=O)c1ccccc1. The Morgan fingerprint density at radius 1 is 0.870 bits per heavy atom. The lowest BCUT2D eigenvalue weighted by Gasteiger charge is -2.17. The van der Waals surface area contributed by atoms with E-state index in [9.17, 15) is 9.59 Å². The van der Waals surface area contributed by atoms with Gasteiger partial charge in [-0.1, -0.05) is 48.5 Å². The van der Waals surface area contributed by atoms with Crippen molar-refractivity contribution in [1.29, 1.82) is 0 Å². The maximum absolute atomic E-state index is 12.1. The van der Waals surface area contributed by atoms with Crippen LogP contribution < -0.4 is 10.6 Å². The molecule has 4 heteroatoms. The van der Waals surface area contributed by atoms with E-state index in [-0.39, 0.29) is 30.3 Å². The molecule has 2 amide bonds. The van der Waals surface area contributed by atoms with Gasteiger partial charge in [0.05, 0.1) is 6.04 Å². The minimum atomic E-state index is -0.231. The average Bonchev–Trinajstić information content (AvgIpc) is 2.56. The van der Waals surface area contributed by atoms with Crippen LogP contribution in [-0.2, 0) is 4.79 Å². The number of hydrogen-bond donors (Lipinski definition) is 2. The third-order valence-corrected chi connectivity index (χ3v) is 3.58. The van der Waals surface area contributed by atoms with E-state index >= 15 is 0 Å². The van der Waals surface area contributed by atoms with Crippen molar-refractivity contribution in [3.8, 4) is 0 Å². The number of carbonyl (C=O) groups is 2. The lowest BCUT2D eigenvalue weighted by Crippen LogP contribution is -2.37. The Hall–Kier alpha value is -2.62. The first-order valence-electron chi connectivity index (χ1n) is 7.76. The van der Waals surface area contributed by atoms with Gasteiger partial charge in [-0.15, -0.1) is 0 Å². The lowest BCUT2D eigenvalue weighted by atomic mass is 10.1. The van der Waals surface area contributed by atoms with Crippen molar-refractivity contribution in [1.82, 2.24) is 10.6 Å². The highest BCUT2D eigenvalue weighted by molar-refractivity contribution is 5.94. The molecule has 2 aromatic rings. The molecule has 0 unspecified atom stereocenters. The molecule has 0 radical (unpaired) electrons. The summed E-state index contributed by atoms with van der Waals surface area (Å²) in [5.74, 6) is -0.246. The van der Waals surface area contributed by atoms with Crippen molar-refractivity contribution >= 4 is 11.8 Å². The summed E-state index contributed by atoms with van der Waals surface area (Å²) in [6.45, 7) is 3.77. The van der Waals surface area contributed by atoms with Gasteiger partial charge in [-0.05, 0) is 31.5 Å². The Bertz CT molecular complexity index is 641. The molecule has 0 bridgehead atoms. The van der Waals surface area contributed by atoms with Crippen LogP contribution in [0.25, 0.3) is 0 Å². The van der Waals surface area contributed by atoms with E-state index in [2.05, 4.69) is 10.6 Å². The Kier molecular flexibility index (Phi) is 5.92. The molecule has 0 heterocycles. The fraction of sp³-hybridized carbons (Fsp3) is 0.263. The Morgan fingerprint density at radius 2 is 1.43 bits per heavy atom. The zero-order valence-corrected chi connectivity index (χ0v) is 13.5. The van der Waals surface area contributed by atoms with Gasteiger partial charge in [-0.2, -0.15) is 0 Å². The zero-order valence-electron chi connectivity index (χ0n) is 13.5. The van der Waals surface area contributed by atoms with E-state index in [1.54, 1.807) is 12.1 Å². The number of amides is 2. The maximum atomic E-state index is 12.1. The zero-order chi connectivity index (χ0) is 16.7. The van der Waals surface area contributed by atoms with Crippen molar-refractivity contribution < 1.29 is 9.59 Å². The minimum Gasteiger partial charge on any atom is -0.350 e. The van der Waals surface area contributed by atoms with E-state index in [0.29, 0.717) is 5.56 Å². The molecule has 0 aromatic heterocycles. The standard InChI is InChI=1S/C19H22N2O2/c1-14(20-19(23)17-11-7-4-8-12-17)13-18(22)21-15(2)16-9-5-3-6-10-16/h3-12,14-15H,13H2,1-2H3,(H,20,23)(H,21,22)/t14-,15+/m1/s1. The van der Waals surface area contributed by atoms with Crippen LogP contribution in [0.2, 0.25) is 0 Å².